The van der Waals surface area contributed by atoms with Crippen LogP contribution in [0.15, 0.2) is 65.7 Å². The number of hydrogen-bond donors (Lipinski definition) is 6. The first-order valence-electron chi connectivity index (χ1n) is 7.07. The number of isothiocyanates is 1. The number of hydrogen-bond acceptors (Lipinski definition) is 7. The summed E-state index contributed by atoms with van der Waals surface area (Å²) in [6, 6.07) is 19.1. The predicted octanol–water partition coefficient (Wildman–Crippen LogP) is 2.09. The molecule has 0 heterocycles. The van der Waals surface area contributed by atoms with Gasteiger partial charge in [0.15, 0.2) is 5.11 Å². The largest absolute Gasteiger partial charge is 0.397 e. The van der Waals surface area contributed by atoms with E-state index >= 15 is 0 Å². The van der Waals surface area contributed by atoms with Crippen LogP contribution in [0.2, 0.25) is 0 Å². The number of anilines is 1. The smallest absolute Gasteiger partial charge is 0.185 e. The van der Waals surface area contributed by atoms with Gasteiger partial charge in [-0.15, -0.1) is 0 Å². The van der Waals surface area contributed by atoms with E-state index in [0.29, 0.717) is 5.11 Å². The second-order valence-electron chi connectivity index (χ2n) is 3.82. The number of aliphatic imine (C=N–C) groups is 1. The lowest BCUT2D eigenvalue weighted by Gasteiger charge is -2.04. The summed E-state index contributed by atoms with van der Waals surface area (Å²) >= 11 is 9.21. The summed E-state index contributed by atoms with van der Waals surface area (Å²) in [5.41, 5.74) is 4.11. The summed E-state index contributed by atoms with van der Waals surface area (Å²) in [6.45, 7) is 1.93. The third-order valence-electron chi connectivity index (χ3n) is 2.09. The van der Waals surface area contributed by atoms with Crippen LogP contribution in [0, 0.1) is 0 Å². The number of benzene rings is 2. The zero-order valence-corrected chi connectivity index (χ0v) is 15.6. The van der Waals surface area contributed by atoms with Crippen molar-refractivity contribution < 1.29 is 5.11 Å². The van der Waals surface area contributed by atoms with E-state index < -0.39 is 0 Å². The summed E-state index contributed by atoms with van der Waals surface area (Å²) in [5, 5.41) is 13.2. The van der Waals surface area contributed by atoms with Gasteiger partial charge in [-0.05, 0) is 55.6 Å². The van der Waals surface area contributed by atoms with Crippen LogP contribution in [-0.2, 0) is 0 Å². The van der Waals surface area contributed by atoms with Crippen LogP contribution in [0.3, 0.4) is 0 Å². The Hall–Kier alpha value is -2.23. The highest BCUT2D eigenvalue weighted by molar-refractivity contribution is 7.80. The van der Waals surface area contributed by atoms with Gasteiger partial charge in [-0.1, -0.05) is 36.4 Å². The minimum Gasteiger partial charge on any atom is -0.397 e. The molecule has 0 aliphatic rings. The van der Waals surface area contributed by atoms with Gasteiger partial charge in [0, 0.05) is 12.3 Å². The van der Waals surface area contributed by atoms with E-state index in [0.717, 1.165) is 11.4 Å². The van der Waals surface area contributed by atoms with Crippen LogP contribution >= 0.6 is 24.4 Å². The zero-order chi connectivity index (χ0) is 19.3. The molecule has 0 atom stereocenters. The van der Waals surface area contributed by atoms with Gasteiger partial charge in [-0.3, -0.25) is 11.7 Å². The standard InChI is InChI=1S/C7H9N3S.C7H5NS.C2H6O.H4N2/c8-10-7(11)9-6-4-2-1-3-5-6;9-6-8-7-4-2-1-3-5-7;1-2-3;1-2/h1-5H,8H2,(H2,9,10,11);1-5H;3H,2H2,1H3;1-2H2. The van der Waals surface area contributed by atoms with Crippen molar-refractivity contribution in [3.8, 4) is 0 Å². The molecule has 9 N–H and O–H groups in total. The molecule has 0 aromatic heterocycles. The first-order valence-corrected chi connectivity index (χ1v) is 7.89. The van der Waals surface area contributed by atoms with Crippen molar-refractivity contribution in [3.63, 3.8) is 0 Å². The molecule has 2 aromatic rings. The Morgan fingerprint density at radius 1 is 1.08 bits per heavy atom. The van der Waals surface area contributed by atoms with E-state index in [1.807, 2.05) is 60.7 Å². The second kappa shape index (κ2) is 19.8. The molecule has 0 bridgehead atoms. The van der Waals surface area contributed by atoms with Crippen LogP contribution in [-0.4, -0.2) is 22.0 Å². The quantitative estimate of drug-likeness (QED) is 0.202. The third kappa shape index (κ3) is 16.4. The Bertz CT molecular complexity index is 592. The first-order chi connectivity index (χ1) is 12.2. The van der Waals surface area contributed by atoms with Crippen molar-refractivity contribution >= 4 is 46.1 Å². The average molecular weight is 381 g/mol. The molecule has 2 aromatic carbocycles. The van der Waals surface area contributed by atoms with Crippen molar-refractivity contribution in [2.24, 2.45) is 22.5 Å². The molecule has 0 aliphatic heterocycles. The SMILES string of the molecule is CCO.NN.NNC(=S)Nc1ccccc1.S=C=Nc1ccccc1. The van der Waals surface area contributed by atoms with Crippen molar-refractivity contribution in [2.75, 3.05) is 11.9 Å². The van der Waals surface area contributed by atoms with Crippen LogP contribution < -0.4 is 28.3 Å². The summed E-state index contributed by atoms with van der Waals surface area (Å²) in [4.78, 5) is 3.77. The molecule has 2 rings (SSSR count). The van der Waals surface area contributed by atoms with E-state index in [2.05, 4.69) is 44.8 Å². The molecule has 0 spiro atoms. The Kier molecular flexibility index (Phi) is 19.8. The summed E-state index contributed by atoms with van der Waals surface area (Å²) < 4.78 is 0. The number of para-hydroxylation sites is 2. The molecule has 0 unspecified atom stereocenters. The van der Waals surface area contributed by atoms with Gasteiger partial charge in [0.2, 0.25) is 0 Å². The monoisotopic (exact) mass is 380 g/mol. The van der Waals surface area contributed by atoms with Gasteiger partial charge in [0.25, 0.3) is 0 Å². The molecule has 25 heavy (non-hydrogen) atoms. The molecule has 0 fully saturated rings. The van der Waals surface area contributed by atoms with Gasteiger partial charge < -0.3 is 15.8 Å². The predicted molar refractivity (Wildman–Crippen MR) is 112 cm³/mol. The van der Waals surface area contributed by atoms with Gasteiger partial charge >= 0.3 is 0 Å². The number of rotatable bonds is 2. The Labute approximate surface area is 158 Å². The molecule has 136 valence electrons. The molecular weight excluding hydrogens is 356 g/mol. The van der Waals surface area contributed by atoms with Crippen molar-refractivity contribution in [2.45, 2.75) is 6.92 Å². The fraction of sp³-hybridized carbons (Fsp3) is 0.125. The molecule has 0 radical (unpaired) electrons. The highest BCUT2D eigenvalue weighted by Crippen LogP contribution is 2.07. The maximum atomic E-state index is 7.57. The molecule has 9 heteroatoms. The van der Waals surface area contributed by atoms with E-state index in [1.54, 1.807) is 6.92 Å². The Balaban J connectivity index is 0. The van der Waals surface area contributed by atoms with Crippen LogP contribution in [0.1, 0.15) is 6.92 Å². The minimum absolute atomic E-state index is 0.250. The van der Waals surface area contributed by atoms with Gasteiger partial charge in [0.05, 0.1) is 10.8 Å². The lowest BCUT2D eigenvalue weighted by molar-refractivity contribution is 0.318. The lowest BCUT2D eigenvalue weighted by atomic mass is 10.3. The molecule has 7 nitrogen and oxygen atoms in total. The number of thiocarbonyl (C=S) groups is 2. The molecule has 0 saturated carbocycles. The van der Waals surface area contributed by atoms with Crippen molar-refractivity contribution in [3.05, 3.63) is 60.7 Å². The van der Waals surface area contributed by atoms with E-state index in [4.69, 9.17) is 23.2 Å². The highest BCUT2D eigenvalue weighted by Gasteiger charge is 1.90. The highest BCUT2D eigenvalue weighted by atomic mass is 32.1. The van der Waals surface area contributed by atoms with E-state index in [-0.39, 0.29) is 6.61 Å². The van der Waals surface area contributed by atoms with Crippen LogP contribution in [0.4, 0.5) is 11.4 Å². The number of hydrazine groups is 2. The van der Waals surface area contributed by atoms with Gasteiger partial charge in [0.1, 0.15) is 0 Å². The fourth-order valence-corrected chi connectivity index (χ4v) is 1.47. The van der Waals surface area contributed by atoms with E-state index in [9.17, 15) is 0 Å². The van der Waals surface area contributed by atoms with Crippen LogP contribution in [0.25, 0.3) is 0 Å². The molecular formula is C16H24N6OS2. The molecule has 0 amide bonds. The Morgan fingerprint density at radius 2 is 1.52 bits per heavy atom. The third-order valence-corrected chi connectivity index (χ3v) is 2.40. The number of nitrogens with two attached hydrogens (primary N) is 3. The maximum absolute atomic E-state index is 7.57. The number of nitrogens with one attached hydrogen (secondary N) is 2. The normalized spacial score (nSPS) is 7.72. The fourth-order valence-electron chi connectivity index (χ4n) is 1.24. The summed E-state index contributed by atoms with van der Waals surface area (Å²) in [5.74, 6) is 13.1. The van der Waals surface area contributed by atoms with Crippen molar-refractivity contribution in [1.29, 1.82) is 0 Å². The topological polar surface area (TPSA) is 135 Å². The summed E-state index contributed by atoms with van der Waals surface area (Å²) in [6.07, 6.45) is 0. The first kappa shape index (κ1) is 25.0. The lowest BCUT2D eigenvalue weighted by Crippen LogP contribution is -2.34. The minimum atomic E-state index is 0.250. The average Bonchev–Trinajstić information content (AvgIpc) is 2.66. The van der Waals surface area contributed by atoms with Gasteiger partial charge in [-0.25, -0.2) is 5.84 Å². The number of nitrogens with zero attached hydrogens (tertiary/aromatic N) is 1. The zero-order valence-electron chi connectivity index (χ0n) is 13.9. The summed E-state index contributed by atoms with van der Waals surface area (Å²) in [7, 11) is 0. The Morgan fingerprint density at radius 3 is 1.92 bits per heavy atom. The molecule has 0 saturated heterocycles. The van der Waals surface area contributed by atoms with Crippen LogP contribution in [0.5, 0.6) is 0 Å². The number of aliphatic hydroxyl groups is 1. The number of aliphatic hydroxyl groups excluding tert-OH is 1. The van der Waals surface area contributed by atoms with Crippen molar-refractivity contribution in [1.82, 2.24) is 5.43 Å². The maximum Gasteiger partial charge on any atom is 0.185 e. The van der Waals surface area contributed by atoms with E-state index in [1.165, 1.54) is 0 Å². The van der Waals surface area contributed by atoms with Gasteiger partial charge in [-0.2, -0.15) is 4.99 Å². The molecule has 0 aliphatic carbocycles. The second-order valence-corrected chi connectivity index (χ2v) is 4.41.